The zero-order valence-electron chi connectivity index (χ0n) is 14.4. The molecule has 1 aliphatic rings. The Balaban J connectivity index is 1.69. The summed E-state index contributed by atoms with van der Waals surface area (Å²) in [7, 11) is 0. The normalized spacial score (nSPS) is 17.2. The smallest absolute Gasteiger partial charge is 0.282 e. The van der Waals surface area contributed by atoms with Gasteiger partial charge < -0.3 is 0 Å². The third-order valence-corrected chi connectivity index (χ3v) is 5.26. The number of halogens is 2. The number of rotatable bonds is 3. The van der Waals surface area contributed by atoms with Crippen molar-refractivity contribution in [2.75, 3.05) is 4.90 Å². The summed E-state index contributed by atoms with van der Waals surface area (Å²) in [5.74, 6) is -0.256. The van der Waals surface area contributed by atoms with Crippen molar-refractivity contribution in [2.24, 2.45) is 0 Å². The van der Waals surface area contributed by atoms with E-state index in [1.807, 2.05) is 6.07 Å². The van der Waals surface area contributed by atoms with Crippen molar-refractivity contribution < 1.29 is 9.59 Å². The van der Waals surface area contributed by atoms with E-state index in [1.165, 1.54) is 9.80 Å². The summed E-state index contributed by atoms with van der Waals surface area (Å²) in [6.07, 6.45) is 1.67. The third-order valence-electron chi connectivity index (χ3n) is 4.68. The van der Waals surface area contributed by atoms with E-state index in [1.54, 1.807) is 55.6 Å². The molecule has 0 bridgehead atoms. The Bertz CT molecular complexity index is 1050. The molecule has 0 aliphatic carbocycles. The first kappa shape index (κ1) is 17.8. The zero-order valence-corrected chi connectivity index (χ0v) is 15.9. The van der Waals surface area contributed by atoms with Crippen LogP contribution in [0.1, 0.15) is 12.5 Å². The highest BCUT2D eigenvalue weighted by atomic mass is 35.5. The first-order valence-corrected chi connectivity index (χ1v) is 9.15. The van der Waals surface area contributed by atoms with Crippen LogP contribution in [0.3, 0.4) is 0 Å². The number of carbonyl (C=O) groups is 2. The Morgan fingerprint density at radius 3 is 2.52 bits per heavy atom. The fourth-order valence-electron chi connectivity index (χ4n) is 3.30. The van der Waals surface area contributed by atoms with E-state index >= 15 is 0 Å². The predicted molar refractivity (Wildman–Crippen MR) is 106 cm³/mol. The molecule has 7 heteroatoms. The number of carbonyl (C=O) groups excluding carboxylic acids is 2. The number of urea groups is 1. The quantitative estimate of drug-likeness (QED) is 0.588. The van der Waals surface area contributed by atoms with Gasteiger partial charge in [0.2, 0.25) is 0 Å². The molecule has 2 heterocycles. The van der Waals surface area contributed by atoms with Crippen molar-refractivity contribution in [3.8, 4) is 0 Å². The van der Waals surface area contributed by atoms with Crippen molar-refractivity contribution in [3.63, 3.8) is 0 Å². The largest absolute Gasteiger partial charge is 0.332 e. The van der Waals surface area contributed by atoms with Crippen LogP contribution in [0.4, 0.5) is 10.5 Å². The van der Waals surface area contributed by atoms with Gasteiger partial charge in [0.25, 0.3) is 5.91 Å². The van der Waals surface area contributed by atoms with Crippen LogP contribution in [0.15, 0.2) is 54.7 Å². The van der Waals surface area contributed by atoms with E-state index in [0.717, 1.165) is 10.9 Å². The molecule has 1 atom stereocenters. The van der Waals surface area contributed by atoms with Crippen LogP contribution >= 0.6 is 23.2 Å². The van der Waals surface area contributed by atoms with E-state index in [0.29, 0.717) is 21.2 Å². The summed E-state index contributed by atoms with van der Waals surface area (Å²) >= 11 is 12.2. The standard InChI is InChI=1S/C20H15Cl2N3O2/c1-12-19(26)24(20(27)25(12)15-7-5-14(21)6-8-15)11-13-4-9-17(22)16-3-2-10-23-18(13)16/h2-10,12H,11H2,1H3. The molecule has 0 N–H and O–H groups in total. The predicted octanol–water partition coefficient (Wildman–Crippen LogP) is 4.90. The SMILES string of the molecule is CC1C(=O)N(Cc2ccc(Cl)c3cccnc23)C(=O)N1c1ccc(Cl)cc1. The maximum Gasteiger partial charge on any atom is 0.332 e. The number of fused-ring (bicyclic) bond motifs is 1. The molecule has 1 saturated heterocycles. The van der Waals surface area contributed by atoms with Gasteiger partial charge in [-0.25, -0.2) is 4.79 Å². The zero-order chi connectivity index (χ0) is 19.1. The fourth-order valence-corrected chi connectivity index (χ4v) is 3.64. The van der Waals surface area contributed by atoms with Gasteiger partial charge in [-0.3, -0.25) is 19.6 Å². The number of hydrogen-bond donors (Lipinski definition) is 0. The van der Waals surface area contributed by atoms with E-state index in [2.05, 4.69) is 4.98 Å². The second-order valence-corrected chi connectivity index (χ2v) is 7.18. The van der Waals surface area contributed by atoms with Crippen molar-refractivity contribution in [1.82, 2.24) is 9.88 Å². The highest BCUT2D eigenvalue weighted by Gasteiger charge is 2.43. The summed E-state index contributed by atoms with van der Waals surface area (Å²) in [5, 5.41) is 1.94. The van der Waals surface area contributed by atoms with Crippen LogP contribution in [0, 0.1) is 0 Å². The molecular formula is C20H15Cl2N3O2. The summed E-state index contributed by atoms with van der Waals surface area (Å²) < 4.78 is 0. The Kier molecular flexibility index (Phi) is 4.50. The molecule has 0 spiro atoms. The third kappa shape index (κ3) is 3.03. The molecule has 3 aromatic rings. The maximum atomic E-state index is 13.0. The minimum atomic E-state index is -0.592. The van der Waals surface area contributed by atoms with E-state index < -0.39 is 6.04 Å². The lowest BCUT2D eigenvalue weighted by molar-refractivity contribution is -0.127. The summed E-state index contributed by atoms with van der Waals surface area (Å²) in [6.45, 7) is 1.85. The number of amides is 3. The molecular weight excluding hydrogens is 385 g/mol. The Labute approximate surface area is 166 Å². The first-order valence-electron chi connectivity index (χ1n) is 8.39. The number of aromatic nitrogens is 1. The van der Waals surface area contributed by atoms with Crippen molar-refractivity contribution >= 4 is 51.7 Å². The molecule has 1 aromatic heterocycles. The van der Waals surface area contributed by atoms with Crippen LogP contribution in [0.2, 0.25) is 10.0 Å². The second-order valence-electron chi connectivity index (χ2n) is 6.34. The van der Waals surface area contributed by atoms with E-state index in [9.17, 15) is 9.59 Å². The molecule has 4 rings (SSSR count). The lowest BCUT2D eigenvalue weighted by atomic mass is 10.1. The van der Waals surface area contributed by atoms with Crippen LogP contribution in [-0.2, 0) is 11.3 Å². The minimum absolute atomic E-state index is 0.136. The second kappa shape index (κ2) is 6.83. The Morgan fingerprint density at radius 1 is 1.04 bits per heavy atom. The number of benzene rings is 2. The van der Waals surface area contributed by atoms with E-state index in [4.69, 9.17) is 23.2 Å². The van der Waals surface area contributed by atoms with Crippen LogP contribution < -0.4 is 4.90 Å². The number of anilines is 1. The Hall–Kier alpha value is -2.63. The Morgan fingerprint density at radius 2 is 1.78 bits per heavy atom. The highest BCUT2D eigenvalue weighted by molar-refractivity contribution is 6.35. The molecule has 0 saturated carbocycles. The molecule has 5 nitrogen and oxygen atoms in total. The fraction of sp³-hybridized carbons (Fsp3) is 0.150. The average Bonchev–Trinajstić information content (AvgIpc) is 2.88. The average molecular weight is 400 g/mol. The van der Waals surface area contributed by atoms with Crippen LogP contribution in [-0.4, -0.2) is 27.9 Å². The summed E-state index contributed by atoms with van der Waals surface area (Å²) in [5.41, 5.74) is 2.08. The van der Waals surface area contributed by atoms with Gasteiger partial charge in [0.15, 0.2) is 0 Å². The molecule has 0 radical (unpaired) electrons. The van der Waals surface area contributed by atoms with Crippen molar-refractivity contribution in [2.45, 2.75) is 19.5 Å². The number of pyridine rings is 1. The molecule has 3 amide bonds. The van der Waals surface area contributed by atoms with Crippen LogP contribution in [0.5, 0.6) is 0 Å². The van der Waals surface area contributed by atoms with Gasteiger partial charge in [0.1, 0.15) is 6.04 Å². The van der Waals surface area contributed by atoms with E-state index in [-0.39, 0.29) is 18.5 Å². The molecule has 136 valence electrons. The molecule has 2 aromatic carbocycles. The van der Waals surface area contributed by atoms with Gasteiger partial charge in [-0.15, -0.1) is 0 Å². The number of hydrogen-bond acceptors (Lipinski definition) is 3. The summed E-state index contributed by atoms with van der Waals surface area (Å²) in [4.78, 5) is 32.8. The molecule has 1 fully saturated rings. The van der Waals surface area contributed by atoms with Crippen molar-refractivity contribution in [1.29, 1.82) is 0 Å². The van der Waals surface area contributed by atoms with Crippen LogP contribution in [0.25, 0.3) is 10.9 Å². The van der Waals surface area contributed by atoms with Gasteiger partial charge >= 0.3 is 6.03 Å². The van der Waals surface area contributed by atoms with Gasteiger partial charge in [-0.1, -0.05) is 29.3 Å². The van der Waals surface area contributed by atoms with Gasteiger partial charge in [0.05, 0.1) is 12.1 Å². The van der Waals surface area contributed by atoms with Gasteiger partial charge in [-0.2, -0.15) is 0 Å². The highest BCUT2D eigenvalue weighted by Crippen LogP contribution is 2.30. The minimum Gasteiger partial charge on any atom is -0.282 e. The maximum absolute atomic E-state index is 13.0. The van der Waals surface area contributed by atoms with Gasteiger partial charge in [-0.05, 0) is 55.0 Å². The summed E-state index contributed by atoms with van der Waals surface area (Å²) in [6, 6.07) is 13.1. The number of imide groups is 1. The van der Waals surface area contributed by atoms with Gasteiger partial charge in [0, 0.05) is 27.3 Å². The lowest BCUT2D eigenvalue weighted by Gasteiger charge is -2.19. The number of nitrogens with zero attached hydrogens (tertiary/aromatic N) is 3. The topological polar surface area (TPSA) is 53.5 Å². The lowest BCUT2D eigenvalue weighted by Crippen LogP contribution is -2.33. The molecule has 1 unspecified atom stereocenters. The molecule has 1 aliphatic heterocycles. The van der Waals surface area contributed by atoms with Crippen molar-refractivity contribution in [3.05, 3.63) is 70.3 Å². The monoisotopic (exact) mass is 399 g/mol. The molecule has 27 heavy (non-hydrogen) atoms. The first-order chi connectivity index (χ1) is 13.0.